The molecule has 27 heavy (non-hydrogen) atoms. The van der Waals surface area contributed by atoms with Crippen molar-refractivity contribution in [2.75, 3.05) is 23.4 Å². The number of urea groups is 1. The third-order valence-corrected chi connectivity index (χ3v) is 4.21. The number of aromatic nitrogens is 1. The van der Waals surface area contributed by atoms with Gasteiger partial charge in [0.15, 0.2) is 11.6 Å². The number of hydrogen-bond donors (Lipinski definition) is 1. The van der Waals surface area contributed by atoms with Crippen molar-refractivity contribution in [3.8, 4) is 5.75 Å². The van der Waals surface area contributed by atoms with Gasteiger partial charge in [-0.25, -0.2) is 9.78 Å². The number of hydrogen-bond acceptors (Lipinski definition) is 3. The van der Waals surface area contributed by atoms with E-state index in [2.05, 4.69) is 10.3 Å². The third-order valence-electron chi connectivity index (χ3n) is 4.21. The first-order chi connectivity index (χ1) is 13.3. The Morgan fingerprint density at radius 2 is 1.70 bits per heavy atom. The van der Waals surface area contributed by atoms with Crippen molar-refractivity contribution in [1.29, 1.82) is 0 Å². The number of carbonyl (C=O) groups excluding carboxylic acids is 1. The number of ether oxygens (including phenoxy) is 1. The quantitative estimate of drug-likeness (QED) is 0.740. The molecule has 4 rings (SSSR count). The van der Waals surface area contributed by atoms with Gasteiger partial charge >= 0.3 is 6.03 Å². The highest BCUT2D eigenvalue weighted by molar-refractivity contribution is 6.02. The molecule has 2 aromatic carbocycles. The van der Waals surface area contributed by atoms with Gasteiger partial charge in [-0.15, -0.1) is 0 Å². The highest BCUT2D eigenvalue weighted by Crippen LogP contribution is 2.30. The first-order valence-corrected chi connectivity index (χ1v) is 8.80. The van der Waals surface area contributed by atoms with Crippen LogP contribution in [-0.2, 0) is 0 Å². The summed E-state index contributed by atoms with van der Waals surface area (Å²) >= 11 is 0. The summed E-state index contributed by atoms with van der Waals surface area (Å²) < 4.78 is 5.66. The van der Waals surface area contributed by atoms with Gasteiger partial charge in [-0.05, 0) is 35.9 Å². The average Bonchev–Trinajstić information content (AvgIpc) is 2.73. The zero-order valence-corrected chi connectivity index (χ0v) is 14.7. The van der Waals surface area contributed by atoms with Crippen molar-refractivity contribution in [3.05, 3.63) is 84.1 Å². The first kappa shape index (κ1) is 16.8. The normalized spacial score (nSPS) is 13.1. The van der Waals surface area contributed by atoms with E-state index in [1.54, 1.807) is 4.90 Å². The number of fused-ring (bicyclic) bond motifs is 1. The number of nitrogens with one attached hydrogen (secondary N) is 1. The highest BCUT2D eigenvalue weighted by atomic mass is 16.5. The van der Waals surface area contributed by atoms with E-state index in [1.165, 1.54) is 0 Å². The Kier molecular flexibility index (Phi) is 4.83. The van der Waals surface area contributed by atoms with Crippen LogP contribution in [0.15, 0.2) is 72.8 Å². The van der Waals surface area contributed by atoms with Crippen LogP contribution < -0.4 is 15.0 Å². The molecule has 3 aromatic rings. The predicted molar refractivity (Wildman–Crippen MR) is 108 cm³/mol. The number of pyridine rings is 1. The molecule has 5 heteroatoms. The molecule has 5 nitrogen and oxygen atoms in total. The number of rotatable bonds is 3. The van der Waals surface area contributed by atoms with Gasteiger partial charge in [0.25, 0.3) is 0 Å². The molecule has 1 aliphatic heterocycles. The van der Waals surface area contributed by atoms with E-state index in [9.17, 15) is 4.79 Å². The largest absolute Gasteiger partial charge is 0.488 e. The Hall–Kier alpha value is -3.60. The molecule has 2 heterocycles. The maximum absolute atomic E-state index is 12.7. The fourth-order valence-corrected chi connectivity index (χ4v) is 2.86. The molecule has 0 fully saturated rings. The molecule has 0 radical (unpaired) electrons. The van der Waals surface area contributed by atoms with Crippen molar-refractivity contribution in [2.24, 2.45) is 0 Å². The smallest absolute Gasteiger partial charge is 0.327 e. The zero-order valence-electron chi connectivity index (χ0n) is 14.7. The van der Waals surface area contributed by atoms with Gasteiger partial charge in [0, 0.05) is 5.69 Å². The second kappa shape index (κ2) is 7.74. The van der Waals surface area contributed by atoms with Crippen LogP contribution in [0.4, 0.5) is 16.3 Å². The van der Waals surface area contributed by atoms with Crippen LogP contribution in [0.25, 0.3) is 12.2 Å². The van der Waals surface area contributed by atoms with Crippen LogP contribution >= 0.6 is 0 Å². The average molecular weight is 357 g/mol. The van der Waals surface area contributed by atoms with E-state index in [0.29, 0.717) is 24.7 Å². The van der Waals surface area contributed by atoms with Gasteiger partial charge in [0.2, 0.25) is 0 Å². The van der Waals surface area contributed by atoms with Crippen molar-refractivity contribution < 1.29 is 9.53 Å². The van der Waals surface area contributed by atoms with Crippen LogP contribution in [0.1, 0.15) is 11.3 Å². The fourth-order valence-electron chi connectivity index (χ4n) is 2.86. The molecule has 1 aromatic heterocycles. The van der Waals surface area contributed by atoms with E-state index in [0.717, 1.165) is 16.9 Å². The second-order valence-electron chi connectivity index (χ2n) is 6.10. The monoisotopic (exact) mass is 357 g/mol. The van der Waals surface area contributed by atoms with Crippen LogP contribution in [0.3, 0.4) is 0 Å². The molecule has 134 valence electrons. The Morgan fingerprint density at radius 1 is 0.963 bits per heavy atom. The predicted octanol–water partition coefficient (Wildman–Crippen LogP) is 4.68. The van der Waals surface area contributed by atoms with Crippen LogP contribution in [0.2, 0.25) is 0 Å². The van der Waals surface area contributed by atoms with Gasteiger partial charge in [-0.1, -0.05) is 54.6 Å². The minimum Gasteiger partial charge on any atom is -0.488 e. The van der Waals surface area contributed by atoms with Gasteiger partial charge in [-0.2, -0.15) is 0 Å². The molecule has 0 bridgehead atoms. The lowest BCUT2D eigenvalue weighted by atomic mass is 10.2. The van der Waals surface area contributed by atoms with Crippen LogP contribution in [0.5, 0.6) is 5.75 Å². The zero-order chi connectivity index (χ0) is 18.5. The molecule has 1 N–H and O–H groups in total. The number of nitrogens with zero attached hydrogens (tertiary/aromatic N) is 2. The number of amides is 2. The van der Waals surface area contributed by atoms with E-state index in [4.69, 9.17) is 4.74 Å². The van der Waals surface area contributed by atoms with Crippen molar-refractivity contribution in [2.45, 2.75) is 0 Å². The summed E-state index contributed by atoms with van der Waals surface area (Å²) in [6, 6.07) is 22.9. The highest BCUT2D eigenvalue weighted by Gasteiger charge is 2.25. The molecular weight excluding hydrogens is 338 g/mol. The fraction of sp³-hybridized carbons (Fsp3) is 0.0909. The SMILES string of the molecule is O=C(Nc1ccccc1)N1CCOc2ccc(/C=C/c3ccccc3)nc21. The van der Waals surface area contributed by atoms with Crippen LogP contribution in [-0.4, -0.2) is 24.2 Å². The van der Waals surface area contributed by atoms with Gasteiger partial charge in [-0.3, -0.25) is 4.90 Å². The number of carbonyl (C=O) groups is 1. The molecule has 0 atom stereocenters. The van der Waals surface area contributed by atoms with Crippen molar-refractivity contribution >= 4 is 29.7 Å². The minimum atomic E-state index is -0.220. The third kappa shape index (κ3) is 3.98. The van der Waals surface area contributed by atoms with E-state index < -0.39 is 0 Å². The van der Waals surface area contributed by atoms with Gasteiger partial charge in [0.05, 0.1) is 12.2 Å². The number of anilines is 2. The van der Waals surface area contributed by atoms with E-state index in [-0.39, 0.29) is 6.03 Å². The maximum atomic E-state index is 12.7. The topological polar surface area (TPSA) is 54.5 Å². The second-order valence-corrected chi connectivity index (χ2v) is 6.10. The Balaban J connectivity index is 1.57. The summed E-state index contributed by atoms with van der Waals surface area (Å²) in [5.41, 5.74) is 2.60. The summed E-state index contributed by atoms with van der Waals surface area (Å²) in [7, 11) is 0. The maximum Gasteiger partial charge on any atom is 0.327 e. The van der Waals surface area contributed by atoms with Crippen molar-refractivity contribution in [1.82, 2.24) is 4.98 Å². The Morgan fingerprint density at radius 3 is 2.48 bits per heavy atom. The van der Waals surface area contributed by atoms with Gasteiger partial charge < -0.3 is 10.1 Å². The summed E-state index contributed by atoms with van der Waals surface area (Å²) in [6.45, 7) is 0.889. The first-order valence-electron chi connectivity index (χ1n) is 8.80. The van der Waals surface area contributed by atoms with Gasteiger partial charge in [0.1, 0.15) is 6.61 Å². The molecule has 0 unspecified atom stereocenters. The molecule has 0 saturated heterocycles. The lowest BCUT2D eigenvalue weighted by Crippen LogP contribution is -2.41. The number of para-hydroxylation sites is 1. The Bertz CT molecular complexity index is 956. The van der Waals surface area contributed by atoms with Crippen LogP contribution in [0, 0.1) is 0 Å². The lowest BCUT2D eigenvalue weighted by molar-refractivity contribution is 0.249. The Labute approximate surface area is 157 Å². The molecule has 0 saturated carbocycles. The standard InChI is InChI=1S/C22H19N3O2/c26-22(24-18-9-5-2-6-10-18)25-15-16-27-20-14-13-19(23-21(20)25)12-11-17-7-3-1-4-8-17/h1-14H,15-16H2,(H,24,26)/b12-11+. The summed E-state index contributed by atoms with van der Waals surface area (Å²) in [6.07, 6.45) is 3.92. The molecule has 0 aliphatic carbocycles. The summed E-state index contributed by atoms with van der Waals surface area (Å²) in [5.74, 6) is 1.14. The molecular formula is C22H19N3O2. The molecule has 0 spiro atoms. The molecule has 1 aliphatic rings. The van der Waals surface area contributed by atoms with E-state index >= 15 is 0 Å². The summed E-state index contributed by atoms with van der Waals surface area (Å²) in [5, 5.41) is 2.90. The minimum absolute atomic E-state index is 0.220. The van der Waals surface area contributed by atoms with Crippen molar-refractivity contribution in [3.63, 3.8) is 0 Å². The number of benzene rings is 2. The summed E-state index contributed by atoms with van der Waals surface area (Å²) in [4.78, 5) is 19.0. The van der Waals surface area contributed by atoms with E-state index in [1.807, 2.05) is 84.9 Å². The lowest BCUT2D eigenvalue weighted by Gasteiger charge is -2.28. The molecule has 2 amide bonds.